The molecule has 5 nitrogen and oxygen atoms in total. The Balaban J connectivity index is 2.31. The first-order chi connectivity index (χ1) is 8.53. The number of nitrogens with two attached hydrogens (primary N) is 1. The second-order valence-corrected chi connectivity index (χ2v) is 6.38. The first-order valence-electron chi connectivity index (χ1n) is 6.13. The molecule has 0 spiro atoms. The fraction of sp³-hybridized carbons (Fsp3) is 0.500. The van der Waals surface area contributed by atoms with Crippen molar-refractivity contribution in [1.29, 1.82) is 0 Å². The summed E-state index contributed by atoms with van der Waals surface area (Å²) < 4.78 is 27.6. The van der Waals surface area contributed by atoms with Crippen molar-refractivity contribution in [3.05, 3.63) is 24.3 Å². The van der Waals surface area contributed by atoms with E-state index in [-0.39, 0.29) is 10.4 Å². The van der Waals surface area contributed by atoms with Crippen LogP contribution in [-0.2, 0) is 10.0 Å². The maximum Gasteiger partial charge on any atom is 0.243 e. The fourth-order valence-electron chi connectivity index (χ4n) is 2.29. The number of nitrogens with one attached hydrogen (secondary N) is 2. The zero-order chi connectivity index (χ0) is 13.2. The molecule has 6 heteroatoms. The smallest absolute Gasteiger partial charge is 0.243 e. The number of hydrogen-bond donors (Lipinski definition) is 3. The first kappa shape index (κ1) is 13.3. The molecule has 18 heavy (non-hydrogen) atoms. The van der Waals surface area contributed by atoms with Gasteiger partial charge in [0.2, 0.25) is 10.0 Å². The molecule has 0 amide bonds. The third-order valence-electron chi connectivity index (χ3n) is 3.67. The van der Waals surface area contributed by atoms with Crippen LogP contribution in [0.15, 0.2) is 29.2 Å². The Bertz CT molecular complexity index is 518. The van der Waals surface area contributed by atoms with E-state index in [2.05, 4.69) is 10.1 Å². The largest absolute Gasteiger partial charge is 0.323 e. The highest BCUT2D eigenvalue weighted by atomic mass is 32.2. The lowest BCUT2D eigenvalue weighted by Gasteiger charge is -2.41. The second kappa shape index (κ2) is 4.87. The zero-order valence-electron chi connectivity index (χ0n) is 10.4. The van der Waals surface area contributed by atoms with E-state index in [4.69, 9.17) is 5.84 Å². The van der Waals surface area contributed by atoms with Gasteiger partial charge in [0.1, 0.15) is 4.90 Å². The average Bonchev–Trinajstić information content (AvgIpc) is 2.34. The number of hydrogen-bond acceptors (Lipinski definition) is 4. The molecule has 0 saturated heterocycles. The Morgan fingerprint density at radius 3 is 2.50 bits per heavy atom. The number of hydrazine groups is 1. The lowest BCUT2D eigenvalue weighted by Crippen LogP contribution is -2.52. The molecule has 1 fully saturated rings. The van der Waals surface area contributed by atoms with Crippen LogP contribution in [0.4, 0.5) is 5.69 Å². The Kier molecular flexibility index (Phi) is 3.61. The van der Waals surface area contributed by atoms with Crippen LogP contribution < -0.4 is 16.0 Å². The van der Waals surface area contributed by atoms with Gasteiger partial charge in [-0.25, -0.2) is 13.1 Å². The van der Waals surface area contributed by atoms with E-state index in [1.807, 2.05) is 6.92 Å². The van der Waals surface area contributed by atoms with Crippen molar-refractivity contribution in [2.75, 3.05) is 5.43 Å². The lowest BCUT2D eigenvalue weighted by atomic mass is 9.76. The van der Waals surface area contributed by atoms with E-state index in [1.54, 1.807) is 24.3 Å². The molecule has 0 bridgehead atoms. The molecule has 0 atom stereocenters. The highest BCUT2D eigenvalue weighted by Gasteiger charge is 2.39. The minimum absolute atomic E-state index is 0.201. The van der Waals surface area contributed by atoms with E-state index < -0.39 is 10.0 Å². The van der Waals surface area contributed by atoms with Crippen molar-refractivity contribution in [2.24, 2.45) is 5.84 Å². The van der Waals surface area contributed by atoms with E-state index in [1.165, 1.54) is 0 Å². The maximum absolute atomic E-state index is 12.4. The number of rotatable bonds is 5. The SMILES string of the molecule is CCC1(NS(=O)(=O)c2ccccc2NN)CCC1. The zero-order valence-corrected chi connectivity index (χ0v) is 11.3. The van der Waals surface area contributed by atoms with Gasteiger partial charge in [-0.3, -0.25) is 5.84 Å². The molecular weight excluding hydrogens is 250 g/mol. The first-order valence-corrected chi connectivity index (χ1v) is 7.61. The minimum atomic E-state index is -3.53. The highest BCUT2D eigenvalue weighted by molar-refractivity contribution is 7.89. The number of nitrogen functional groups attached to an aromatic ring is 1. The van der Waals surface area contributed by atoms with E-state index in [0.717, 1.165) is 25.7 Å². The Labute approximate surface area is 108 Å². The van der Waals surface area contributed by atoms with Crippen LogP contribution in [0.3, 0.4) is 0 Å². The number of para-hydroxylation sites is 1. The van der Waals surface area contributed by atoms with Crippen LogP contribution in [0, 0.1) is 0 Å². The minimum Gasteiger partial charge on any atom is -0.323 e. The summed E-state index contributed by atoms with van der Waals surface area (Å²) in [6, 6.07) is 6.63. The van der Waals surface area contributed by atoms with Crippen molar-refractivity contribution in [3.8, 4) is 0 Å². The molecule has 0 heterocycles. The molecule has 1 aliphatic carbocycles. The van der Waals surface area contributed by atoms with Crippen LogP contribution in [0.25, 0.3) is 0 Å². The average molecular weight is 269 g/mol. The molecule has 1 aliphatic rings. The van der Waals surface area contributed by atoms with E-state index >= 15 is 0 Å². The summed E-state index contributed by atoms with van der Waals surface area (Å²) in [4.78, 5) is 0.201. The quantitative estimate of drug-likeness (QED) is 0.560. The summed E-state index contributed by atoms with van der Waals surface area (Å²) in [7, 11) is -3.53. The predicted octanol–water partition coefficient (Wildman–Crippen LogP) is 1.58. The summed E-state index contributed by atoms with van der Waals surface area (Å²) in [5, 5.41) is 0. The van der Waals surface area contributed by atoms with Crippen molar-refractivity contribution in [1.82, 2.24) is 4.72 Å². The number of anilines is 1. The van der Waals surface area contributed by atoms with Crippen LogP contribution in [0.2, 0.25) is 0 Å². The second-order valence-electron chi connectivity index (χ2n) is 4.73. The van der Waals surface area contributed by atoms with E-state index in [9.17, 15) is 8.42 Å². The lowest BCUT2D eigenvalue weighted by molar-refractivity contribution is 0.214. The van der Waals surface area contributed by atoms with Crippen LogP contribution >= 0.6 is 0 Å². The summed E-state index contributed by atoms with van der Waals surface area (Å²) >= 11 is 0. The number of sulfonamides is 1. The standard InChI is InChI=1S/C12H19N3O2S/c1-2-12(8-5-9-12)15-18(16,17)11-7-4-3-6-10(11)14-13/h3-4,6-7,14-15H,2,5,8-9,13H2,1H3. The van der Waals surface area contributed by atoms with Gasteiger partial charge in [0, 0.05) is 5.54 Å². The third-order valence-corrected chi connectivity index (χ3v) is 5.31. The van der Waals surface area contributed by atoms with E-state index in [0.29, 0.717) is 5.69 Å². The van der Waals surface area contributed by atoms with Crippen molar-refractivity contribution in [2.45, 2.75) is 43.0 Å². The predicted molar refractivity (Wildman–Crippen MR) is 71.4 cm³/mol. The molecule has 1 saturated carbocycles. The molecule has 1 aromatic rings. The van der Waals surface area contributed by atoms with Gasteiger partial charge in [-0.2, -0.15) is 0 Å². The summed E-state index contributed by atoms with van der Waals surface area (Å²) in [5.74, 6) is 5.35. The molecule has 0 radical (unpaired) electrons. The molecule has 0 unspecified atom stereocenters. The topological polar surface area (TPSA) is 84.2 Å². The maximum atomic E-state index is 12.4. The van der Waals surface area contributed by atoms with Gasteiger partial charge in [-0.1, -0.05) is 19.1 Å². The van der Waals surface area contributed by atoms with Gasteiger partial charge in [-0.15, -0.1) is 0 Å². The molecular formula is C12H19N3O2S. The van der Waals surface area contributed by atoms with Gasteiger partial charge in [-0.05, 0) is 37.8 Å². The molecule has 2 rings (SSSR count). The van der Waals surface area contributed by atoms with Gasteiger partial charge >= 0.3 is 0 Å². The van der Waals surface area contributed by atoms with Crippen LogP contribution in [0.1, 0.15) is 32.6 Å². The van der Waals surface area contributed by atoms with Crippen LogP contribution in [0.5, 0.6) is 0 Å². The van der Waals surface area contributed by atoms with Gasteiger partial charge < -0.3 is 5.43 Å². The fourth-order valence-corrected chi connectivity index (χ4v) is 3.99. The Hall–Kier alpha value is -1.11. The number of benzene rings is 1. The third kappa shape index (κ3) is 2.36. The summed E-state index contributed by atoms with van der Waals surface area (Å²) in [6.45, 7) is 2.01. The molecule has 0 aliphatic heterocycles. The Morgan fingerprint density at radius 1 is 1.33 bits per heavy atom. The molecule has 0 aromatic heterocycles. The Morgan fingerprint density at radius 2 is 2.00 bits per heavy atom. The van der Waals surface area contributed by atoms with Crippen molar-refractivity contribution in [3.63, 3.8) is 0 Å². The van der Waals surface area contributed by atoms with Gasteiger partial charge in [0.15, 0.2) is 0 Å². The summed E-state index contributed by atoms with van der Waals surface area (Å²) in [6.07, 6.45) is 3.69. The highest BCUT2D eigenvalue weighted by Crippen LogP contribution is 2.36. The van der Waals surface area contributed by atoms with Gasteiger partial charge in [0.05, 0.1) is 5.69 Å². The molecule has 4 N–H and O–H groups in total. The van der Waals surface area contributed by atoms with Crippen LogP contribution in [-0.4, -0.2) is 14.0 Å². The van der Waals surface area contributed by atoms with Gasteiger partial charge in [0.25, 0.3) is 0 Å². The molecule has 100 valence electrons. The monoisotopic (exact) mass is 269 g/mol. The normalized spacial score (nSPS) is 18.1. The summed E-state index contributed by atoms with van der Waals surface area (Å²) in [5.41, 5.74) is 2.57. The van der Waals surface area contributed by atoms with Crippen molar-refractivity contribution >= 4 is 15.7 Å². The van der Waals surface area contributed by atoms with Crippen molar-refractivity contribution < 1.29 is 8.42 Å². The molecule has 1 aromatic carbocycles.